The van der Waals surface area contributed by atoms with Gasteiger partial charge in [-0.3, -0.25) is 4.90 Å². The highest BCUT2D eigenvalue weighted by Gasteiger charge is 2.28. The number of ether oxygens (including phenoxy) is 2. The maximum atomic E-state index is 11.9. The zero-order valence-corrected chi connectivity index (χ0v) is 18.7. The lowest BCUT2D eigenvalue weighted by molar-refractivity contribution is 0.0535. The SMILES string of the molecule is COc1cc(-n2cnc(CN3CCN[C@H](c4ccc5c(c4C)COC5=O)C3)c2)ccc1C#N. The van der Waals surface area contributed by atoms with E-state index in [1.54, 1.807) is 19.5 Å². The first kappa shape index (κ1) is 21.2. The molecule has 0 unspecified atom stereocenters. The highest BCUT2D eigenvalue weighted by molar-refractivity contribution is 5.94. The molecule has 1 aromatic heterocycles. The van der Waals surface area contributed by atoms with Crippen molar-refractivity contribution in [2.45, 2.75) is 26.1 Å². The Morgan fingerprint density at radius 2 is 2.21 bits per heavy atom. The molecule has 2 aliphatic heterocycles. The summed E-state index contributed by atoms with van der Waals surface area (Å²) < 4.78 is 12.5. The Labute approximate surface area is 192 Å². The molecular weight excluding hydrogens is 418 g/mol. The van der Waals surface area contributed by atoms with Gasteiger partial charge in [0, 0.05) is 50.0 Å². The topological polar surface area (TPSA) is 92.4 Å². The molecule has 0 spiro atoms. The third-order valence-corrected chi connectivity index (χ3v) is 6.47. The molecule has 8 nitrogen and oxygen atoms in total. The van der Waals surface area contributed by atoms with E-state index in [4.69, 9.17) is 9.47 Å². The number of nitrogens with zero attached hydrogens (tertiary/aromatic N) is 4. The van der Waals surface area contributed by atoms with Crippen LogP contribution in [0.5, 0.6) is 5.75 Å². The normalized spacial score (nSPS) is 18.0. The van der Waals surface area contributed by atoms with Crippen LogP contribution in [0.15, 0.2) is 42.9 Å². The van der Waals surface area contributed by atoms with E-state index in [9.17, 15) is 10.1 Å². The van der Waals surface area contributed by atoms with E-state index in [0.717, 1.165) is 48.7 Å². The zero-order chi connectivity index (χ0) is 22.9. The van der Waals surface area contributed by atoms with E-state index in [0.29, 0.717) is 23.5 Å². The molecule has 3 aromatic rings. The van der Waals surface area contributed by atoms with Gasteiger partial charge in [-0.2, -0.15) is 5.26 Å². The Balaban J connectivity index is 1.30. The molecule has 2 aromatic carbocycles. The first-order valence-corrected chi connectivity index (χ1v) is 10.9. The minimum Gasteiger partial charge on any atom is -0.495 e. The second-order valence-electron chi connectivity index (χ2n) is 8.39. The summed E-state index contributed by atoms with van der Waals surface area (Å²) in [7, 11) is 1.56. The van der Waals surface area contributed by atoms with E-state index < -0.39 is 0 Å². The van der Waals surface area contributed by atoms with E-state index in [1.807, 2.05) is 29.0 Å². The summed E-state index contributed by atoms with van der Waals surface area (Å²) in [5.41, 5.74) is 6.42. The van der Waals surface area contributed by atoms with Crippen LogP contribution in [0.4, 0.5) is 0 Å². The van der Waals surface area contributed by atoms with Crippen molar-refractivity contribution in [2.75, 3.05) is 26.7 Å². The van der Waals surface area contributed by atoms with Crippen molar-refractivity contribution >= 4 is 5.97 Å². The van der Waals surface area contributed by atoms with Gasteiger partial charge >= 0.3 is 5.97 Å². The standard InChI is InChI=1S/C25H25N5O3/c1-16-20(5-6-21-22(16)14-33-25(21)31)23-13-29(8-7-27-23)11-18-12-30(15-28-18)19-4-3-17(10-26)24(9-19)32-2/h3-6,9,12,15,23,27H,7-8,11,13-14H2,1-2H3/t23-/m0/s1. The molecule has 5 rings (SSSR count). The number of piperazine rings is 1. The van der Waals surface area contributed by atoms with Crippen molar-refractivity contribution in [3.8, 4) is 17.5 Å². The van der Waals surface area contributed by atoms with Crippen LogP contribution in [0.1, 0.15) is 44.3 Å². The Bertz CT molecular complexity index is 1260. The van der Waals surface area contributed by atoms with Crippen molar-refractivity contribution in [2.24, 2.45) is 0 Å². The number of hydrogen-bond acceptors (Lipinski definition) is 7. The van der Waals surface area contributed by atoms with Crippen LogP contribution < -0.4 is 10.1 Å². The molecule has 1 saturated heterocycles. The van der Waals surface area contributed by atoms with Crippen molar-refractivity contribution < 1.29 is 14.3 Å². The number of fused-ring (bicyclic) bond motifs is 1. The Hall–Kier alpha value is -3.67. The first-order chi connectivity index (χ1) is 16.1. The van der Waals surface area contributed by atoms with Gasteiger partial charge in [0.15, 0.2) is 0 Å². The fraction of sp³-hybridized carbons (Fsp3) is 0.320. The predicted octanol–water partition coefficient (Wildman–Crippen LogP) is 2.88. The molecular formula is C25H25N5O3. The molecule has 1 atom stereocenters. The molecule has 0 amide bonds. The number of cyclic esters (lactones) is 1. The van der Waals surface area contributed by atoms with E-state index >= 15 is 0 Å². The minimum absolute atomic E-state index is 0.185. The molecule has 8 heteroatoms. The summed E-state index contributed by atoms with van der Waals surface area (Å²) in [6, 6.07) is 11.7. The molecule has 0 bridgehead atoms. The van der Waals surface area contributed by atoms with E-state index in [-0.39, 0.29) is 12.0 Å². The summed E-state index contributed by atoms with van der Waals surface area (Å²) in [6.45, 7) is 5.84. The van der Waals surface area contributed by atoms with Crippen LogP contribution in [0.3, 0.4) is 0 Å². The number of nitriles is 1. The maximum Gasteiger partial charge on any atom is 0.338 e. The van der Waals surface area contributed by atoms with Crippen LogP contribution in [0.25, 0.3) is 5.69 Å². The molecule has 33 heavy (non-hydrogen) atoms. The zero-order valence-electron chi connectivity index (χ0n) is 18.7. The van der Waals surface area contributed by atoms with Gasteiger partial charge in [-0.1, -0.05) is 6.07 Å². The predicted molar refractivity (Wildman–Crippen MR) is 121 cm³/mol. The molecule has 1 fully saturated rings. The third kappa shape index (κ3) is 3.97. The number of methoxy groups -OCH3 is 1. The van der Waals surface area contributed by atoms with Gasteiger partial charge in [-0.05, 0) is 36.2 Å². The number of benzene rings is 2. The number of aromatic nitrogens is 2. The Kier molecular flexibility index (Phi) is 5.58. The van der Waals surface area contributed by atoms with Crippen molar-refractivity contribution in [1.82, 2.24) is 19.8 Å². The van der Waals surface area contributed by atoms with Crippen LogP contribution >= 0.6 is 0 Å². The molecule has 0 radical (unpaired) electrons. The first-order valence-electron chi connectivity index (χ1n) is 10.9. The Morgan fingerprint density at radius 3 is 3.03 bits per heavy atom. The number of esters is 1. The molecule has 0 saturated carbocycles. The highest BCUT2D eigenvalue weighted by Crippen LogP contribution is 2.30. The van der Waals surface area contributed by atoms with Crippen LogP contribution in [0.2, 0.25) is 0 Å². The summed E-state index contributed by atoms with van der Waals surface area (Å²) in [5, 5.41) is 12.8. The summed E-state index contributed by atoms with van der Waals surface area (Å²) in [4.78, 5) is 18.8. The molecule has 3 heterocycles. The van der Waals surface area contributed by atoms with Gasteiger partial charge in [-0.25, -0.2) is 9.78 Å². The fourth-order valence-corrected chi connectivity index (χ4v) is 4.66. The van der Waals surface area contributed by atoms with Crippen LogP contribution in [-0.4, -0.2) is 47.2 Å². The summed E-state index contributed by atoms with van der Waals surface area (Å²) >= 11 is 0. The van der Waals surface area contributed by atoms with E-state index in [1.165, 1.54) is 5.56 Å². The second kappa shape index (κ2) is 8.70. The number of carbonyl (C=O) groups is 1. The maximum absolute atomic E-state index is 11.9. The molecule has 168 valence electrons. The summed E-state index contributed by atoms with van der Waals surface area (Å²) in [5.74, 6) is 0.320. The average molecular weight is 444 g/mol. The monoisotopic (exact) mass is 443 g/mol. The van der Waals surface area contributed by atoms with Crippen molar-refractivity contribution in [3.05, 3.63) is 76.4 Å². The lowest BCUT2D eigenvalue weighted by Crippen LogP contribution is -2.45. The van der Waals surface area contributed by atoms with E-state index in [2.05, 4.69) is 34.3 Å². The molecule has 2 aliphatic rings. The minimum atomic E-state index is -0.228. The quantitative estimate of drug-likeness (QED) is 0.606. The lowest BCUT2D eigenvalue weighted by atomic mass is 9.93. The largest absolute Gasteiger partial charge is 0.495 e. The van der Waals surface area contributed by atoms with Gasteiger partial charge in [0.2, 0.25) is 0 Å². The highest BCUT2D eigenvalue weighted by atomic mass is 16.5. The fourth-order valence-electron chi connectivity index (χ4n) is 4.66. The van der Waals surface area contributed by atoms with Gasteiger partial charge in [-0.15, -0.1) is 0 Å². The molecule has 1 N–H and O–H groups in total. The second-order valence-corrected chi connectivity index (χ2v) is 8.39. The number of nitrogens with one attached hydrogen (secondary N) is 1. The van der Waals surface area contributed by atoms with Crippen molar-refractivity contribution in [3.63, 3.8) is 0 Å². The van der Waals surface area contributed by atoms with Crippen LogP contribution in [-0.2, 0) is 17.9 Å². The number of imidazole rings is 1. The average Bonchev–Trinajstić information content (AvgIpc) is 3.46. The molecule has 0 aliphatic carbocycles. The lowest BCUT2D eigenvalue weighted by Gasteiger charge is -2.34. The number of carbonyl (C=O) groups excluding carboxylic acids is 1. The van der Waals surface area contributed by atoms with Gasteiger partial charge < -0.3 is 19.4 Å². The number of hydrogen-bond donors (Lipinski definition) is 1. The smallest absolute Gasteiger partial charge is 0.338 e. The van der Waals surface area contributed by atoms with Crippen LogP contribution in [0, 0.1) is 18.3 Å². The van der Waals surface area contributed by atoms with Gasteiger partial charge in [0.1, 0.15) is 18.4 Å². The van der Waals surface area contributed by atoms with Gasteiger partial charge in [0.25, 0.3) is 0 Å². The van der Waals surface area contributed by atoms with Crippen molar-refractivity contribution in [1.29, 1.82) is 5.26 Å². The third-order valence-electron chi connectivity index (χ3n) is 6.47. The number of rotatable bonds is 5. The van der Waals surface area contributed by atoms with Gasteiger partial charge in [0.05, 0.1) is 35.9 Å². The Morgan fingerprint density at radius 1 is 1.33 bits per heavy atom. The summed E-state index contributed by atoms with van der Waals surface area (Å²) in [6.07, 6.45) is 3.80.